The van der Waals surface area contributed by atoms with E-state index in [2.05, 4.69) is 52.7 Å². The van der Waals surface area contributed by atoms with Gasteiger partial charge in [0.1, 0.15) is 0 Å². The first-order valence-electron chi connectivity index (χ1n) is 10.5. The smallest absolute Gasteiger partial charge is 0.230 e. The predicted molar refractivity (Wildman–Crippen MR) is 113 cm³/mol. The Bertz CT molecular complexity index is 769. The molecule has 28 heavy (non-hydrogen) atoms. The second kappa shape index (κ2) is 8.46. The summed E-state index contributed by atoms with van der Waals surface area (Å²) >= 11 is 0. The first-order chi connectivity index (χ1) is 13.7. The second-order valence-electron chi connectivity index (χ2n) is 8.45. The maximum atomic E-state index is 13.5. The van der Waals surface area contributed by atoms with Gasteiger partial charge in [-0.2, -0.15) is 0 Å². The average Bonchev–Trinajstić information content (AvgIpc) is 3.14. The highest BCUT2D eigenvalue weighted by Gasteiger charge is 2.43. The first-order valence-corrected chi connectivity index (χ1v) is 10.5. The summed E-state index contributed by atoms with van der Waals surface area (Å²) in [4.78, 5) is 15.9. The standard InChI is InChI=1S/C24H31N3O/c25-21-11-12-22(17-21)26-23(28)24(20-9-5-2-6-10-20)13-15-27(16-14-24)18-19-7-3-1-4-8-19/h1-10,21-22H,11-18,25H2,(H,26,28)/t21-,22-/m0/s1. The van der Waals surface area contributed by atoms with Gasteiger partial charge in [-0.05, 0) is 56.3 Å². The Kier molecular flexibility index (Phi) is 5.79. The van der Waals surface area contributed by atoms with Gasteiger partial charge in [-0.3, -0.25) is 9.69 Å². The third-order valence-electron chi connectivity index (χ3n) is 6.53. The van der Waals surface area contributed by atoms with Crippen molar-refractivity contribution in [3.8, 4) is 0 Å². The van der Waals surface area contributed by atoms with Gasteiger partial charge in [0.25, 0.3) is 0 Å². The Hall–Kier alpha value is -2.17. The van der Waals surface area contributed by atoms with Crippen LogP contribution in [0.4, 0.5) is 0 Å². The minimum Gasteiger partial charge on any atom is -0.353 e. The molecule has 1 heterocycles. The van der Waals surface area contributed by atoms with Crippen molar-refractivity contribution in [2.45, 2.75) is 56.1 Å². The van der Waals surface area contributed by atoms with Crippen molar-refractivity contribution in [2.24, 2.45) is 5.73 Å². The van der Waals surface area contributed by atoms with Crippen molar-refractivity contribution < 1.29 is 4.79 Å². The lowest BCUT2D eigenvalue weighted by Gasteiger charge is -2.41. The lowest BCUT2D eigenvalue weighted by Crippen LogP contribution is -2.53. The Morgan fingerprint density at radius 1 is 1.00 bits per heavy atom. The molecule has 2 atom stereocenters. The number of nitrogens with zero attached hydrogens (tertiary/aromatic N) is 1. The van der Waals surface area contributed by atoms with Crippen LogP contribution in [-0.4, -0.2) is 36.0 Å². The van der Waals surface area contributed by atoms with Gasteiger partial charge >= 0.3 is 0 Å². The van der Waals surface area contributed by atoms with E-state index in [0.717, 1.165) is 57.3 Å². The zero-order chi connectivity index (χ0) is 19.4. The zero-order valence-corrected chi connectivity index (χ0v) is 16.5. The second-order valence-corrected chi connectivity index (χ2v) is 8.45. The molecular formula is C24H31N3O. The van der Waals surface area contributed by atoms with Crippen LogP contribution in [0, 0.1) is 0 Å². The van der Waals surface area contributed by atoms with E-state index in [1.165, 1.54) is 5.56 Å². The van der Waals surface area contributed by atoms with Crippen molar-refractivity contribution in [3.63, 3.8) is 0 Å². The van der Waals surface area contributed by atoms with Gasteiger partial charge in [-0.1, -0.05) is 60.7 Å². The van der Waals surface area contributed by atoms with Crippen LogP contribution in [0.25, 0.3) is 0 Å². The number of carbonyl (C=O) groups excluding carboxylic acids is 1. The minimum atomic E-state index is -0.429. The van der Waals surface area contributed by atoms with Crippen LogP contribution in [-0.2, 0) is 16.8 Å². The van der Waals surface area contributed by atoms with E-state index in [0.29, 0.717) is 0 Å². The molecule has 0 radical (unpaired) electrons. The average molecular weight is 378 g/mol. The lowest BCUT2D eigenvalue weighted by atomic mass is 9.71. The summed E-state index contributed by atoms with van der Waals surface area (Å²) in [5.74, 6) is 0.192. The summed E-state index contributed by atoms with van der Waals surface area (Å²) in [6.07, 6.45) is 4.62. The number of benzene rings is 2. The Morgan fingerprint density at radius 2 is 1.64 bits per heavy atom. The van der Waals surface area contributed by atoms with Crippen molar-refractivity contribution in [3.05, 3.63) is 71.8 Å². The first kappa shape index (κ1) is 19.2. The van der Waals surface area contributed by atoms with Crippen LogP contribution in [0.5, 0.6) is 0 Å². The summed E-state index contributed by atoms with van der Waals surface area (Å²) in [7, 11) is 0. The molecule has 1 aliphatic carbocycles. The molecule has 3 N–H and O–H groups in total. The largest absolute Gasteiger partial charge is 0.353 e. The van der Waals surface area contributed by atoms with E-state index in [-0.39, 0.29) is 18.0 Å². The number of nitrogens with two attached hydrogens (primary N) is 1. The molecule has 0 aromatic heterocycles. The van der Waals surface area contributed by atoms with Gasteiger partial charge in [0, 0.05) is 18.6 Å². The molecule has 148 valence electrons. The zero-order valence-electron chi connectivity index (χ0n) is 16.5. The van der Waals surface area contributed by atoms with E-state index in [1.807, 2.05) is 18.2 Å². The number of piperidine rings is 1. The third kappa shape index (κ3) is 4.13. The molecule has 0 bridgehead atoms. The molecule has 4 heteroatoms. The fourth-order valence-corrected chi connectivity index (χ4v) is 4.81. The normalized spacial score (nSPS) is 24.8. The van der Waals surface area contributed by atoms with Crippen LogP contribution in [0.15, 0.2) is 60.7 Å². The summed E-state index contributed by atoms with van der Waals surface area (Å²) in [5.41, 5.74) is 8.11. The van der Waals surface area contributed by atoms with Gasteiger partial charge < -0.3 is 11.1 Å². The van der Waals surface area contributed by atoms with Gasteiger partial charge in [0.2, 0.25) is 5.91 Å². The predicted octanol–water partition coefficient (Wildman–Crippen LogP) is 3.22. The molecule has 2 aliphatic rings. The maximum absolute atomic E-state index is 13.5. The highest BCUT2D eigenvalue weighted by molar-refractivity contribution is 5.88. The molecular weight excluding hydrogens is 346 g/mol. The van der Waals surface area contributed by atoms with Crippen LogP contribution in [0.2, 0.25) is 0 Å². The monoisotopic (exact) mass is 377 g/mol. The van der Waals surface area contributed by atoms with Crippen molar-refractivity contribution in [1.82, 2.24) is 10.2 Å². The molecule has 2 fully saturated rings. The molecule has 0 unspecified atom stereocenters. The molecule has 1 amide bonds. The quantitative estimate of drug-likeness (QED) is 0.841. The van der Waals surface area contributed by atoms with Crippen LogP contribution < -0.4 is 11.1 Å². The van der Waals surface area contributed by atoms with E-state index < -0.39 is 5.41 Å². The number of likely N-dealkylation sites (tertiary alicyclic amines) is 1. The van der Waals surface area contributed by atoms with Crippen LogP contribution >= 0.6 is 0 Å². The fourth-order valence-electron chi connectivity index (χ4n) is 4.81. The van der Waals surface area contributed by atoms with Gasteiger partial charge in [0.05, 0.1) is 5.41 Å². The number of nitrogens with one attached hydrogen (secondary N) is 1. The van der Waals surface area contributed by atoms with Gasteiger partial charge in [0.15, 0.2) is 0 Å². The molecule has 2 aromatic rings. The number of amides is 1. The van der Waals surface area contributed by atoms with Crippen molar-refractivity contribution >= 4 is 5.91 Å². The summed E-state index contributed by atoms with van der Waals surface area (Å²) in [5, 5.41) is 3.35. The van der Waals surface area contributed by atoms with E-state index in [9.17, 15) is 4.79 Å². The van der Waals surface area contributed by atoms with Gasteiger partial charge in [-0.15, -0.1) is 0 Å². The Balaban J connectivity index is 1.48. The van der Waals surface area contributed by atoms with Crippen molar-refractivity contribution in [2.75, 3.05) is 13.1 Å². The van der Waals surface area contributed by atoms with Crippen LogP contribution in [0.1, 0.15) is 43.2 Å². The highest BCUT2D eigenvalue weighted by atomic mass is 16.2. The topological polar surface area (TPSA) is 58.4 Å². The summed E-state index contributed by atoms with van der Waals surface area (Å²) in [6.45, 7) is 2.81. The molecule has 4 nitrogen and oxygen atoms in total. The molecule has 2 aromatic carbocycles. The fraction of sp³-hybridized carbons (Fsp3) is 0.458. The Labute approximate surface area is 168 Å². The molecule has 0 spiro atoms. The van der Waals surface area contributed by atoms with E-state index >= 15 is 0 Å². The maximum Gasteiger partial charge on any atom is 0.230 e. The molecule has 1 saturated heterocycles. The van der Waals surface area contributed by atoms with Gasteiger partial charge in [-0.25, -0.2) is 0 Å². The van der Waals surface area contributed by atoms with Crippen molar-refractivity contribution in [1.29, 1.82) is 0 Å². The number of hydrogen-bond acceptors (Lipinski definition) is 3. The molecule has 1 saturated carbocycles. The Morgan fingerprint density at radius 3 is 2.25 bits per heavy atom. The minimum absolute atomic E-state index is 0.192. The van der Waals surface area contributed by atoms with E-state index in [4.69, 9.17) is 5.73 Å². The molecule has 4 rings (SSSR count). The highest BCUT2D eigenvalue weighted by Crippen LogP contribution is 2.37. The molecule has 1 aliphatic heterocycles. The van der Waals surface area contributed by atoms with Crippen LogP contribution in [0.3, 0.4) is 0 Å². The number of rotatable bonds is 5. The number of carbonyl (C=O) groups is 1. The lowest BCUT2D eigenvalue weighted by molar-refractivity contribution is -0.129. The summed E-state index contributed by atoms with van der Waals surface area (Å²) < 4.78 is 0. The SMILES string of the molecule is N[C@H]1CC[C@H](NC(=O)C2(c3ccccc3)CCN(Cc3ccccc3)CC2)C1. The van der Waals surface area contributed by atoms with E-state index in [1.54, 1.807) is 0 Å². The number of hydrogen-bond donors (Lipinski definition) is 2. The third-order valence-corrected chi connectivity index (χ3v) is 6.53. The summed E-state index contributed by atoms with van der Waals surface area (Å²) in [6, 6.07) is 21.4.